The van der Waals surface area contributed by atoms with E-state index in [9.17, 15) is 15.0 Å². The molecule has 2 atom stereocenters. The highest BCUT2D eigenvalue weighted by molar-refractivity contribution is 9.10. The Morgan fingerprint density at radius 3 is 2.64 bits per heavy atom. The van der Waals surface area contributed by atoms with Gasteiger partial charge in [-0.05, 0) is 45.4 Å². The minimum Gasteiger partial charge on any atom is -0.444 e. The second-order valence-electron chi connectivity index (χ2n) is 6.00. The number of halogens is 1. The van der Waals surface area contributed by atoms with Gasteiger partial charge in [0.05, 0.1) is 6.10 Å². The van der Waals surface area contributed by atoms with Gasteiger partial charge in [-0.3, -0.25) is 0 Å². The van der Waals surface area contributed by atoms with E-state index in [-0.39, 0.29) is 13.0 Å². The minimum atomic E-state index is -1.13. The maximum atomic E-state index is 11.5. The average Bonchev–Trinajstić information content (AvgIpc) is 2.38. The van der Waals surface area contributed by atoms with E-state index in [0.29, 0.717) is 11.3 Å². The molecule has 0 aliphatic rings. The summed E-state index contributed by atoms with van der Waals surface area (Å²) in [4.78, 5) is 11.5. The number of nitrogen functional groups attached to an aromatic ring is 1. The van der Waals surface area contributed by atoms with Gasteiger partial charge in [-0.2, -0.15) is 0 Å². The zero-order valence-corrected chi connectivity index (χ0v) is 14.6. The van der Waals surface area contributed by atoms with Gasteiger partial charge < -0.3 is 26.0 Å². The Hall–Kier alpha value is -1.31. The van der Waals surface area contributed by atoms with Crippen molar-refractivity contribution in [1.29, 1.82) is 0 Å². The molecule has 22 heavy (non-hydrogen) atoms. The van der Waals surface area contributed by atoms with Crippen molar-refractivity contribution in [2.75, 3.05) is 12.3 Å². The predicted molar refractivity (Wildman–Crippen MR) is 88.4 cm³/mol. The number of benzene rings is 1. The van der Waals surface area contributed by atoms with Gasteiger partial charge in [-0.25, -0.2) is 4.79 Å². The fourth-order valence-electron chi connectivity index (χ4n) is 1.80. The molecule has 0 radical (unpaired) electrons. The predicted octanol–water partition coefficient (Wildman–Crippen LogP) is 2.34. The molecule has 0 aliphatic heterocycles. The maximum absolute atomic E-state index is 11.5. The molecule has 0 saturated heterocycles. The molecule has 0 heterocycles. The normalized spacial score (nSPS) is 14.3. The molecule has 7 heteroatoms. The van der Waals surface area contributed by atoms with E-state index in [1.807, 2.05) is 0 Å². The highest BCUT2D eigenvalue weighted by Gasteiger charge is 2.21. The van der Waals surface area contributed by atoms with Gasteiger partial charge >= 0.3 is 6.09 Å². The van der Waals surface area contributed by atoms with Crippen molar-refractivity contribution >= 4 is 27.7 Å². The molecule has 0 aromatic heterocycles. The summed E-state index contributed by atoms with van der Waals surface area (Å²) >= 11 is 3.29. The van der Waals surface area contributed by atoms with Crippen LogP contribution in [0.5, 0.6) is 0 Å². The number of amides is 1. The SMILES string of the molecule is CC(C)(C)OC(=O)NCCC(O)C(O)c1cc(Br)ccc1N. The number of anilines is 1. The van der Waals surface area contributed by atoms with Crippen molar-refractivity contribution in [2.24, 2.45) is 0 Å². The third-order valence-electron chi connectivity index (χ3n) is 2.84. The number of hydrogen-bond donors (Lipinski definition) is 4. The zero-order valence-electron chi connectivity index (χ0n) is 13.0. The van der Waals surface area contributed by atoms with Crippen LogP contribution in [0.25, 0.3) is 0 Å². The van der Waals surface area contributed by atoms with Crippen LogP contribution in [0.15, 0.2) is 22.7 Å². The van der Waals surface area contributed by atoms with Crippen molar-refractivity contribution in [2.45, 2.75) is 45.0 Å². The van der Waals surface area contributed by atoms with Gasteiger partial charge in [0.1, 0.15) is 11.7 Å². The molecule has 0 spiro atoms. The van der Waals surface area contributed by atoms with Gasteiger partial charge in [0.25, 0.3) is 0 Å². The van der Waals surface area contributed by atoms with Gasteiger partial charge in [-0.15, -0.1) is 0 Å². The van der Waals surface area contributed by atoms with Crippen LogP contribution < -0.4 is 11.1 Å². The number of carbonyl (C=O) groups excluding carboxylic acids is 1. The molecule has 0 fully saturated rings. The summed E-state index contributed by atoms with van der Waals surface area (Å²) in [5, 5.41) is 22.7. The fraction of sp³-hybridized carbons (Fsp3) is 0.533. The Balaban J connectivity index is 2.50. The number of hydrogen-bond acceptors (Lipinski definition) is 5. The van der Waals surface area contributed by atoms with Crippen LogP contribution in [0.2, 0.25) is 0 Å². The highest BCUT2D eigenvalue weighted by Crippen LogP contribution is 2.27. The highest BCUT2D eigenvalue weighted by atomic mass is 79.9. The Bertz CT molecular complexity index is 517. The van der Waals surface area contributed by atoms with Crippen LogP contribution in [0.3, 0.4) is 0 Å². The first-order valence-corrected chi connectivity index (χ1v) is 7.77. The summed E-state index contributed by atoms with van der Waals surface area (Å²) in [6.45, 7) is 5.48. The van der Waals surface area contributed by atoms with E-state index in [4.69, 9.17) is 10.5 Å². The number of aliphatic hydroxyl groups is 2. The monoisotopic (exact) mass is 374 g/mol. The summed E-state index contributed by atoms with van der Waals surface area (Å²) in [6.07, 6.45) is -2.56. The van der Waals surface area contributed by atoms with Crippen LogP contribution in [0.4, 0.5) is 10.5 Å². The second kappa shape index (κ2) is 7.80. The molecular formula is C15H23BrN2O4. The molecule has 0 saturated carbocycles. The Morgan fingerprint density at radius 1 is 1.41 bits per heavy atom. The smallest absolute Gasteiger partial charge is 0.407 e. The van der Waals surface area contributed by atoms with E-state index < -0.39 is 23.9 Å². The number of alkyl carbamates (subject to hydrolysis) is 1. The van der Waals surface area contributed by atoms with Crippen molar-refractivity contribution in [1.82, 2.24) is 5.32 Å². The number of carbonyl (C=O) groups is 1. The first-order valence-electron chi connectivity index (χ1n) is 6.98. The summed E-state index contributed by atoms with van der Waals surface area (Å²) < 4.78 is 5.84. The standard InChI is InChI=1S/C15H23BrN2O4/c1-15(2,3)22-14(21)18-7-6-12(19)13(20)10-8-9(16)4-5-11(10)17/h4-5,8,12-13,19-20H,6-7,17H2,1-3H3,(H,18,21). The van der Waals surface area contributed by atoms with Crippen molar-refractivity contribution in [3.05, 3.63) is 28.2 Å². The van der Waals surface area contributed by atoms with Crippen LogP contribution in [-0.2, 0) is 4.74 Å². The second-order valence-corrected chi connectivity index (χ2v) is 6.92. The molecule has 1 aromatic rings. The lowest BCUT2D eigenvalue weighted by molar-refractivity contribution is 0.0127. The van der Waals surface area contributed by atoms with E-state index in [1.165, 1.54) is 0 Å². The summed E-state index contributed by atoms with van der Waals surface area (Å²) in [5.74, 6) is 0. The molecule has 0 bridgehead atoms. The quantitative estimate of drug-likeness (QED) is 0.592. The van der Waals surface area contributed by atoms with Gasteiger partial charge in [0.2, 0.25) is 0 Å². The van der Waals surface area contributed by atoms with Crippen LogP contribution >= 0.6 is 15.9 Å². The molecule has 1 amide bonds. The van der Waals surface area contributed by atoms with Crippen LogP contribution in [-0.4, -0.2) is 34.6 Å². The lowest BCUT2D eigenvalue weighted by Crippen LogP contribution is -2.34. The van der Waals surface area contributed by atoms with Crippen LogP contribution in [0.1, 0.15) is 38.9 Å². The Labute approximate surface area is 138 Å². The van der Waals surface area contributed by atoms with Gasteiger partial charge in [-0.1, -0.05) is 15.9 Å². The van der Waals surface area contributed by atoms with Gasteiger partial charge in [0.15, 0.2) is 0 Å². The molecule has 1 rings (SSSR count). The molecule has 5 N–H and O–H groups in total. The molecule has 1 aromatic carbocycles. The van der Waals surface area contributed by atoms with E-state index >= 15 is 0 Å². The lowest BCUT2D eigenvalue weighted by Gasteiger charge is -2.22. The van der Waals surface area contributed by atoms with Crippen molar-refractivity contribution in [3.63, 3.8) is 0 Å². The molecular weight excluding hydrogens is 352 g/mol. The number of ether oxygens (including phenoxy) is 1. The largest absolute Gasteiger partial charge is 0.444 e. The summed E-state index contributed by atoms with van der Waals surface area (Å²) in [5.41, 5.74) is 6.06. The maximum Gasteiger partial charge on any atom is 0.407 e. The topological polar surface area (TPSA) is 105 Å². The number of nitrogens with two attached hydrogens (primary N) is 1. The molecule has 124 valence electrons. The average molecular weight is 375 g/mol. The Morgan fingerprint density at radius 2 is 2.05 bits per heavy atom. The minimum absolute atomic E-state index is 0.173. The number of aliphatic hydroxyl groups excluding tert-OH is 2. The number of rotatable bonds is 5. The fourth-order valence-corrected chi connectivity index (χ4v) is 2.18. The Kier molecular flexibility index (Phi) is 6.65. The first kappa shape index (κ1) is 18.7. The molecule has 2 unspecified atom stereocenters. The number of nitrogens with one attached hydrogen (secondary N) is 1. The van der Waals surface area contributed by atoms with Gasteiger partial charge in [0, 0.05) is 22.3 Å². The van der Waals surface area contributed by atoms with Crippen molar-refractivity contribution < 1.29 is 19.7 Å². The van der Waals surface area contributed by atoms with E-state index in [0.717, 1.165) is 4.47 Å². The van der Waals surface area contributed by atoms with E-state index in [2.05, 4.69) is 21.2 Å². The third-order valence-corrected chi connectivity index (χ3v) is 3.33. The molecule has 0 aliphatic carbocycles. The summed E-state index contributed by atoms with van der Waals surface area (Å²) in [6, 6.07) is 5.06. The van der Waals surface area contributed by atoms with E-state index in [1.54, 1.807) is 39.0 Å². The van der Waals surface area contributed by atoms with Crippen molar-refractivity contribution in [3.8, 4) is 0 Å². The summed E-state index contributed by atoms with van der Waals surface area (Å²) in [7, 11) is 0. The first-order chi connectivity index (χ1) is 10.1. The zero-order chi connectivity index (χ0) is 16.9. The lowest BCUT2D eigenvalue weighted by atomic mass is 10.0. The van der Waals surface area contributed by atoms with Crippen LogP contribution in [0, 0.1) is 0 Å². The third kappa shape index (κ3) is 6.21. The molecule has 6 nitrogen and oxygen atoms in total.